The quantitative estimate of drug-likeness (QED) is 0.0512. The Labute approximate surface area is 310 Å². The van der Waals surface area contributed by atoms with Gasteiger partial charge in [-0.1, -0.05) is 128 Å². The Morgan fingerprint density at radius 2 is 0.860 bits per heavy atom. The first-order valence-electron chi connectivity index (χ1n) is 15.8. The van der Waals surface area contributed by atoms with Crippen LogP contribution >= 0.6 is 49.7 Å². The van der Waals surface area contributed by atoms with Gasteiger partial charge in [-0.2, -0.15) is 0 Å². The van der Waals surface area contributed by atoms with Crippen LogP contribution in [0.4, 0.5) is 11.4 Å². The van der Waals surface area contributed by atoms with Gasteiger partial charge in [0.15, 0.2) is 0 Å². The van der Waals surface area contributed by atoms with E-state index < -0.39 is 0 Å². The van der Waals surface area contributed by atoms with Gasteiger partial charge >= 0.3 is 19.5 Å². The van der Waals surface area contributed by atoms with E-state index in [4.69, 9.17) is 50.1 Å². The number of anilines is 2. The fourth-order valence-corrected chi connectivity index (χ4v) is 5.86. The third kappa shape index (κ3) is 16.6. The van der Waals surface area contributed by atoms with Gasteiger partial charge in [-0.3, -0.25) is 0 Å². The van der Waals surface area contributed by atoms with Gasteiger partial charge < -0.3 is 34.2 Å². The van der Waals surface area contributed by atoms with Crippen molar-refractivity contribution < 1.29 is 19.5 Å². The second kappa shape index (κ2) is 26.3. The summed E-state index contributed by atoms with van der Waals surface area (Å²) in [6, 6.07) is 12.8. The third-order valence-electron chi connectivity index (χ3n) is 7.44. The largest absolute Gasteiger partial charge is 2.00 e. The normalized spacial score (nSPS) is 10.4. The molecule has 0 aliphatic heterocycles. The van der Waals surface area contributed by atoms with E-state index in [1.165, 1.54) is 99.3 Å². The van der Waals surface area contributed by atoms with Crippen LogP contribution < -0.4 is 8.61 Å². The molecule has 0 heterocycles. The first kappa shape index (κ1) is 43.2. The maximum atomic E-state index is 5.40. The zero-order valence-electron chi connectivity index (χ0n) is 26.9. The number of hydrogen-bond donors (Lipinski definition) is 2. The first-order valence-corrected chi connectivity index (χ1v) is 18.3. The number of rotatable bonds is 18. The summed E-state index contributed by atoms with van der Waals surface area (Å²) in [5, 5.41) is 0. The third-order valence-corrected chi connectivity index (χ3v) is 9.47. The first-order chi connectivity index (χ1) is 20.2. The number of unbranched alkanes of at least 4 members (excludes halogenated alkanes) is 8. The van der Waals surface area contributed by atoms with Crippen LogP contribution in [0.25, 0.3) is 0 Å². The molecule has 0 fully saturated rings. The van der Waals surface area contributed by atoms with Crippen molar-refractivity contribution in [1.29, 1.82) is 0 Å². The summed E-state index contributed by atoms with van der Waals surface area (Å²) >= 11 is 29.5. The van der Waals surface area contributed by atoms with Gasteiger partial charge in [-0.05, 0) is 85.8 Å². The number of thiol groups is 2. The summed E-state index contributed by atoms with van der Waals surface area (Å²) in [4.78, 5) is 0. The minimum atomic E-state index is 0. The molecule has 43 heavy (non-hydrogen) atoms. The minimum absolute atomic E-state index is 0. The van der Waals surface area contributed by atoms with Crippen molar-refractivity contribution in [3.63, 3.8) is 0 Å². The van der Waals surface area contributed by atoms with Crippen LogP contribution in [0, 0.1) is 0 Å². The summed E-state index contributed by atoms with van der Waals surface area (Å²) in [6.45, 7) is 8.94. The Morgan fingerprint density at radius 1 is 0.558 bits per heavy atom. The molecule has 0 aliphatic carbocycles. The van der Waals surface area contributed by atoms with Gasteiger partial charge in [0.05, 0.1) is 0 Å². The van der Waals surface area contributed by atoms with Crippen molar-refractivity contribution in [2.24, 2.45) is 0 Å². The molecule has 9 heteroatoms. The zero-order valence-corrected chi connectivity index (χ0v) is 34.9. The van der Waals surface area contributed by atoms with E-state index in [2.05, 4.69) is 89.4 Å². The van der Waals surface area contributed by atoms with Crippen LogP contribution in [0.2, 0.25) is 0 Å². The molecule has 0 spiro atoms. The van der Waals surface area contributed by atoms with E-state index in [9.17, 15) is 0 Å². The molecule has 0 atom stereocenters. The maximum Gasteiger partial charge on any atom is 2.00 e. The van der Waals surface area contributed by atoms with Gasteiger partial charge in [0.25, 0.3) is 0 Å². The molecule has 0 saturated carbocycles. The van der Waals surface area contributed by atoms with E-state index in [0.717, 1.165) is 37.1 Å². The van der Waals surface area contributed by atoms with Crippen LogP contribution in [-0.2, 0) is 70.8 Å². The summed E-state index contributed by atoms with van der Waals surface area (Å²) in [5.74, 6) is 0. The summed E-state index contributed by atoms with van der Waals surface area (Å²) in [6.07, 6.45) is 19.3. The number of thiocarbonyl (C=S) groups is 2. The van der Waals surface area contributed by atoms with Crippen LogP contribution in [0.5, 0.6) is 0 Å². The molecule has 236 valence electrons. The molecule has 0 saturated heterocycles. The van der Waals surface area contributed by atoms with Crippen LogP contribution in [0.15, 0.2) is 36.4 Å². The standard InChI is InChI=1S/2C17H26NS3.Zn/c2*1-3-5-7-10-14-11-9-13-16(18(21)17(19)20)15(14)12-8-6-4-2;/h2*9,11,13H,3-8,10,12H2,1-2H3,(H,19,20);/q2*-1;+2. The van der Waals surface area contributed by atoms with E-state index >= 15 is 0 Å². The maximum absolute atomic E-state index is 5.40. The van der Waals surface area contributed by atoms with Gasteiger partial charge in [-0.15, -0.1) is 25.3 Å². The van der Waals surface area contributed by atoms with Crippen molar-refractivity contribution >= 4 is 95.3 Å². The van der Waals surface area contributed by atoms with Crippen LogP contribution in [0.3, 0.4) is 0 Å². The van der Waals surface area contributed by atoms with E-state index in [-0.39, 0.29) is 19.5 Å². The molecule has 0 aliphatic rings. The monoisotopic (exact) mass is 744 g/mol. The average Bonchev–Trinajstić information content (AvgIpc) is 2.98. The minimum Gasteiger partial charge on any atom is -0.659 e. The Hall–Kier alpha value is 0.243. The Bertz CT molecular complexity index is 982. The molecule has 0 unspecified atom stereocenters. The molecule has 2 nitrogen and oxygen atoms in total. The van der Waals surface area contributed by atoms with Crippen molar-refractivity contribution in [3.05, 3.63) is 58.7 Å². The fourth-order valence-electron chi connectivity index (χ4n) is 5.11. The van der Waals surface area contributed by atoms with Crippen molar-refractivity contribution in [2.45, 2.75) is 130 Å². The molecule has 0 N–H and O–H groups in total. The number of benzene rings is 2. The Morgan fingerprint density at radius 3 is 1.14 bits per heavy atom. The average molecular weight is 747 g/mol. The summed E-state index contributed by atoms with van der Waals surface area (Å²) in [7, 11) is 0. The number of nitrogens with zero attached hydrogens (tertiary/aromatic N) is 2. The molecule has 0 bridgehead atoms. The smallest absolute Gasteiger partial charge is 0.659 e. The van der Waals surface area contributed by atoms with E-state index in [0.29, 0.717) is 8.64 Å². The zero-order chi connectivity index (χ0) is 31.3. The molecule has 0 amide bonds. The van der Waals surface area contributed by atoms with Crippen LogP contribution in [-0.4, -0.2) is 8.64 Å². The SMILES string of the molecule is CCCCCc1cccc(N([S-])C(=S)S)c1CCCCC.CCCCCc1cccc(N([S-])C(=S)S)c1CCCCC.[Zn+2]. The molecule has 2 rings (SSSR count). The topological polar surface area (TPSA) is 6.48 Å². The van der Waals surface area contributed by atoms with Gasteiger partial charge in [0.2, 0.25) is 0 Å². The molecule has 0 radical (unpaired) electrons. The van der Waals surface area contributed by atoms with Crippen molar-refractivity contribution in [2.75, 3.05) is 8.61 Å². The predicted molar refractivity (Wildman–Crippen MR) is 209 cm³/mol. The molecule has 0 aromatic heterocycles. The molecule has 2 aromatic carbocycles. The molecular weight excluding hydrogens is 694 g/mol. The van der Waals surface area contributed by atoms with E-state index in [1.807, 2.05) is 0 Å². The van der Waals surface area contributed by atoms with Crippen LogP contribution in [0.1, 0.15) is 127 Å². The number of hydrogen-bond acceptors (Lipinski definition) is 4. The van der Waals surface area contributed by atoms with Gasteiger partial charge in [-0.25, -0.2) is 0 Å². The fraction of sp³-hybridized carbons (Fsp3) is 0.588. The van der Waals surface area contributed by atoms with Gasteiger partial charge in [0.1, 0.15) is 8.64 Å². The second-order valence-corrected chi connectivity index (χ2v) is 13.8. The summed E-state index contributed by atoms with van der Waals surface area (Å²) < 4.78 is 4.13. The summed E-state index contributed by atoms with van der Waals surface area (Å²) in [5.41, 5.74) is 7.69. The van der Waals surface area contributed by atoms with Crippen molar-refractivity contribution in [3.8, 4) is 0 Å². The van der Waals surface area contributed by atoms with E-state index in [1.54, 1.807) is 8.61 Å². The van der Waals surface area contributed by atoms with Crippen molar-refractivity contribution in [1.82, 2.24) is 0 Å². The Kier molecular flexibility index (Phi) is 26.5. The predicted octanol–water partition coefficient (Wildman–Crippen LogP) is 11.3. The van der Waals surface area contributed by atoms with Gasteiger partial charge in [0, 0.05) is 11.4 Å². The Balaban J connectivity index is 0.000000802. The molecular formula is C34H52N2S6Zn. The molecule has 2 aromatic rings. The second-order valence-electron chi connectivity index (χ2n) is 10.8. The number of aryl methyl sites for hydroxylation is 2.